The molecule has 1 aliphatic carbocycles. The second kappa shape index (κ2) is 11.6. The SMILES string of the molecule is CCN(CCCNC(=O)C(CCSC)N1C(=O)C2CCCCC2C1=O)c1ccccc1. The third-order valence-corrected chi connectivity index (χ3v) is 7.14. The number of imide groups is 1. The molecule has 2 fully saturated rings. The summed E-state index contributed by atoms with van der Waals surface area (Å²) in [6.45, 7) is 4.38. The Kier molecular flexibility index (Phi) is 8.81. The number of hydrogen-bond acceptors (Lipinski definition) is 5. The van der Waals surface area contributed by atoms with Crippen molar-refractivity contribution in [2.24, 2.45) is 11.8 Å². The zero-order chi connectivity index (χ0) is 22.2. The van der Waals surface area contributed by atoms with Crippen LogP contribution >= 0.6 is 11.8 Å². The Morgan fingerprint density at radius 3 is 2.39 bits per heavy atom. The minimum Gasteiger partial charge on any atom is -0.372 e. The molecule has 0 aromatic heterocycles. The smallest absolute Gasteiger partial charge is 0.243 e. The van der Waals surface area contributed by atoms with Crippen LogP contribution in [-0.4, -0.2) is 60.3 Å². The fourth-order valence-electron chi connectivity index (χ4n) is 4.81. The van der Waals surface area contributed by atoms with Gasteiger partial charge in [0.25, 0.3) is 0 Å². The van der Waals surface area contributed by atoms with Gasteiger partial charge in [-0.15, -0.1) is 0 Å². The maximum Gasteiger partial charge on any atom is 0.243 e. The van der Waals surface area contributed by atoms with Crippen molar-refractivity contribution in [3.05, 3.63) is 30.3 Å². The van der Waals surface area contributed by atoms with Crippen molar-refractivity contribution in [1.29, 1.82) is 0 Å². The summed E-state index contributed by atoms with van der Waals surface area (Å²) in [6.07, 6.45) is 6.82. The second-order valence-electron chi connectivity index (χ2n) is 8.40. The summed E-state index contributed by atoms with van der Waals surface area (Å²) >= 11 is 1.63. The van der Waals surface area contributed by atoms with Gasteiger partial charge < -0.3 is 10.2 Å². The van der Waals surface area contributed by atoms with E-state index in [1.807, 2.05) is 24.5 Å². The van der Waals surface area contributed by atoms with E-state index in [-0.39, 0.29) is 29.6 Å². The maximum atomic E-state index is 13.0. The van der Waals surface area contributed by atoms with Crippen LogP contribution in [0.1, 0.15) is 45.4 Å². The van der Waals surface area contributed by atoms with Crippen molar-refractivity contribution in [3.8, 4) is 0 Å². The Bertz CT molecular complexity index is 734. The lowest BCUT2D eigenvalue weighted by Crippen LogP contribution is -2.50. The first-order chi connectivity index (χ1) is 15.1. The van der Waals surface area contributed by atoms with Crippen molar-refractivity contribution in [1.82, 2.24) is 10.2 Å². The zero-order valence-corrected chi connectivity index (χ0v) is 19.5. The van der Waals surface area contributed by atoms with Gasteiger partial charge in [-0.05, 0) is 56.7 Å². The van der Waals surface area contributed by atoms with Gasteiger partial charge in [0.2, 0.25) is 17.7 Å². The lowest BCUT2D eigenvalue weighted by molar-refractivity contribution is -0.148. The van der Waals surface area contributed by atoms with Gasteiger partial charge in [-0.3, -0.25) is 19.3 Å². The lowest BCUT2D eigenvalue weighted by atomic mass is 9.81. The number of nitrogens with one attached hydrogen (secondary N) is 1. The molecule has 3 rings (SSSR count). The predicted octanol–water partition coefficient (Wildman–Crippen LogP) is 3.32. The molecule has 1 N–H and O–H groups in total. The number of nitrogens with zero attached hydrogens (tertiary/aromatic N) is 2. The van der Waals surface area contributed by atoms with E-state index in [2.05, 4.69) is 29.3 Å². The van der Waals surface area contributed by atoms with E-state index < -0.39 is 6.04 Å². The number of anilines is 1. The Balaban J connectivity index is 1.57. The third-order valence-electron chi connectivity index (χ3n) is 6.49. The first kappa shape index (κ1) is 23.6. The standard InChI is InChI=1S/C24H35N3O3S/c1-3-26(18-10-5-4-6-11-18)16-9-15-25-22(28)21(14-17-31-2)27-23(29)19-12-7-8-13-20(19)24(27)30/h4-6,10-11,19-21H,3,7-9,12-17H2,1-2H3,(H,25,28). The number of hydrogen-bond donors (Lipinski definition) is 1. The number of rotatable bonds is 11. The zero-order valence-electron chi connectivity index (χ0n) is 18.7. The first-order valence-corrected chi connectivity index (χ1v) is 12.9. The molecular formula is C24H35N3O3S. The maximum absolute atomic E-state index is 13.0. The molecule has 0 spiro atoms. The topological polar surface area (TPSA) is 69.7 Å². The molecule has 0 radical (unpaired) electrons. The summed E-state index contributed by atoms with van der Waals surface area (Å²) in [4.78, 5) is 42.6. The molecule has 3 amide bonds. The van der Waals surface area contributed by atoms with E-state index in [0.717, 1.165) is 50.9 Å². The van der Waals surface area contributed by atoms with E-state index in [1.54, 1.807) is 11.8 Å². The highest BCUT2D eigenvalue weighted by Crippen LogP contribution is 2.39. The molecule has 2 aliphatic rings. The van der Waals surface area contributed by atoms with Crippen LogP contribution in [0.5, 0.6) is 0 Å². The van der Waals surface area contributed by atoms with Crippen LogP contribution in [0.15, 0.2) is 30.3 Å². The summed E-state index contributed by atoms with van der Waals surface area (Å²) in [5.74, 6) is -0.140. The van der Waals surface area contributed by atoms with Crippen molar-refractivity contribution >= 4 is 35.2 Å². The molecule has 1 aromatic rings. The van der Waals surface area contributed by atoms with Crippen LogP contribution in [-0.2, 0) is 14.4 Å². The van der Waals surface area contributed by atoms with Gasteiger partial charge in [-0.2, -0.15) is 11.8 Å². The highest BCUT2D eigenvalue weighted by Gasteiger charge is 2.51. The van der Waals surface area contributed by atoms with Gasteiger partial charge in [0.15, 0.2) is 0 Å². The Labute approximate surface area is 190 Å². The number of thioether (sulfide) groups is 1. The Morgan fingerprint density at radius 1 is 1.16 bits per heavy atom. The summed E-state index contributed by atoms with van der Waals surface area (Å²) in [5.41, 5.74) is 1.17. The van der Waals surface area contributed by atoms with E-state index in [4.69, 9.17) is 0 Å². The number of fused-ring (bicyclic) bond motifs is 1. The quantitative estimate of drug-likeness (QED) is 0.418. The molecule has 7 heteroatoms. The summed E-state index contributed by atoms with van der Waals surface area (Å²) < 4.78 is 0. The minimum absolute atomic E-state index is 0.128. The average Bonchev–Trinajstić information content (AvgIpc) is 3.05. The number of likely N-dealkylation sites (tertiary alicyclic amines) is 1. The van der Waals surface area contributed by atoms with Crippen LogP contribution in [0, 0.1) is 11.8 Å². The van der Waals surface area contributed by atoms with Gasteiger partial charge in [0.1, 0.15) is 6.04 Å². The molecule has 31 heavy (non-hydrogen) atoms. The molecule has 3 atom stereocenters. The normalized spacial score (nSPS) is 21.7. The number of para-hydroxylation sites is 1. The van der Waals surface area contributed by atoms with Gasteiger partial charge in [0.05, 0.1) is 11.8 Å². The number of carbonyl (C=O) groups is 3. The van der Waals surface area contributed by atoms with Gasteiger partial charge >= 0.3 is 0 Å². The van der Waals surface area contributed by atoms with Crippen molar-refractivity contribution in [2.75, 3.05) is 36.5 Å². The summed E-state index contributed by atoms with van der Waals surface area (Å²) in [6, 6.07) is 9.54. The summed E-state index contributed by atoms with van der Waals surface area (Å²) in [7, 11) is 0. The molecule has 1 saturated heterocycles. The van der Waals surface area contributed by atoms with Crippen LogP contribution in [0.3, 0.4) is 0 Å². The highest BCUT2D eigenvalue weighted by molar-refractivity contribution is 7.98. The average molecular weight is 446 g/mol. The fraction of sp³-hybridized carbons (Fsp3) is 0.625. The van der Waals surface area contributed by atoms with Gasteiger partial charge in [-0.25, -0.2) is 0 Å². The molecule has 6 nitrogen and oxygen atoms in total. The molecular weight excluding hydrogens is 410 g/mol. The van der Waals surface area contributed by atoms with E-state index in [1.165, 1.54) is 10.6 Å². The second-order valence-corrected chi connectivity index (χ2v) is 9.39. The van der Waals surface area contributed by atoms with Crippen molar-refractivity contribution < 1.29 is 14.4 Å². The largest absolute Gasteiger partial charge is 0.372 e. The molecule has 0 bridgehead atoms. The predicted molar refractivity (Wildman–Crippen MR) is 126 cm³/mol. The third kappa shape index (κ3) is 5.62. The van der Waals surface area contributed by atoms with E-state index in [9.17, 15) is 14.4 Å². The molecule has 1 saturated carbocycles. The van der Waals surface area contributed by atoms with Crippen molar-refractivity contribution in [2.45, 2.75) is 51.5 Å². The van der Waals surface area contributed by atoms with Crippen LogP contribution in [0.25, 0.3) is 0 Å². The van der Waals surface area contributed by atoms with Crippen LogP contribution < -0.4 is 10.2 Å². The molecule has 170 valence electrons. The molecule has 1 heterocycles. The summed E-state index contributed by atoms with van der Waals surface area (Å²) in [5, 5.41) is 3.00. The van der Waals surface area contributed by atoms with Crippen LogP contribution in [0.2, 0.25) is 0 Å². The fourth-order valence-corrected chi connectivity index (χ4v) is 5.27. The molecule has 1 aliphatic heterocycles. The van der Waals surface area contributed by atoms with Crippen molar-refractivity contribution in [3.63, 3.8) is 0 Å². The highest BCUT2D eigenvalue weighted by atomic mass is 32.2. The lowest BCUT2D eigenvalue weighted by Gasteiger charge is -2.26. The monoisotopic (exact) mass is 445 g/mol. The number of carbonyl (C=O) groups excluding carboxylic acids is 3. The first-order valence-electron chi connectivity index (χ1n) is 11.5. The molecule has 3 unspecified atom stereocenters. The molecule has 1 aromatic carbocycles. The van der Waals surface area contributed by atoms with E-state index in [0.29, 0.717) is 13.0 Å². The van der Waals surface area contributed by atoms with Gasteiger partial charge in [0, 0.05) is 25.3 Å². The Morgan fingerprint density at radius 2 is 1.81 bits per heavy atom. The number of benzene rings is 1. The van der Waals surface area contributed by atoms with Gasteiger partial charge in [-0.1, -0.05) is 31.0 Å². The Hall–Kier alpha value is -2.02. The van der Waals surface area contributed by atoms with Crippen LogP contribution in [0.4, 0.5) is 5.69 Å². The minimum atomic E-state index is -0.686. The van der Waals surface area contributed by atoms with E-state index >= 15 is 0 Å². The number of amides is 3.